The number of benzene rings is 2. The number of aryl methyl sites for hydroxylation is 1. The smallest absolute Gasteiger partial charge is 0.337 e. The zero-order chi connectivity index (χ0) is 20.1. The summed E-state index contributed by atoms with van der Waals surface area (Å²) >= 11 is 0. The van der Waals surface area contributed by atoms with Crippen molar-refractivity contribution in [1.29, 1.82) is 0 Å². The first kappa shape index (κ1) is 19.2. The van der Waals surface area contributed by atoms with Gasteiger partial charge in [0.2, 0.25) is 0 Å². The number of urea groups is 2. The Bertz CT molecular complexity index is 896. The molecule has 28 heavy (non-hydrogen) atoms. The highest BCUT2D eigenvalue weighted by atomic mass is 16.5. The number of esters is 1. The monoisotopic (exact) mass is 382 g/mol. The molecule has 8 heteroatoms. The number of hydrogen-bond acceptors (Lipinski definition) is 4. The van der Waals surface area contributed by atoms with E-state index in [4.69, 9.17) is 0 Å². The maximum absolute atomic E-state index is 12.2. The van der Waals surface area contributed by atoms with Gasteiger partial charge in [-0.25, -0.2) is 14.4 Å². The summed E-state index contributed by atoms with van der Waals surface area (Å²) in [6.07, 6.45) is 0. The number of carbonyl (C=O) groups excluding carboxylic acids is 3. The van der Waals surface area contributed by atoms with Crippen molar-refractivity contribution >= 4 is 29.4 Å². The number of rotatable bonds is 5. The number of hydrogen-bond donors (Lipinski definition) is 3. The van der Waals surface area contributed by atoms with Gasteiger partial charge >= 0.3 is 18.0 Å². The number of carbonyl (C=O) groups is 3. The molecule has 1 heterocycles. The van der Waals surface area contributed by atoms with Gasteiger partial charge in [-0.15, -0.1) is 0 Å². The molecule has 8 nitrogen and oxygen atoms in total. The van der Waals surface area contributed by atoms with E-state index in [9.17, 15) is 14.4 Å². The fourth-order valence-electron chi connectivity index (χ4n) is 2.91. The third-order valence-electron chi connectivity index (χ3n) is 4.44. The Balaban J connectivity index is 1.59. The van der Waals surface area contributed by atoms with Crippen LogP contribution in [0, 0.1) is 6.92 Å². The number of ether oxygens (including phenoxy) is 1. The van der Waals surface area contributed by atoms with Gasteiger partial charge in [-0.3, -0.25) is 4.90 Å². The molecule has 146 valence electrons. The fourth-order valence-corrected chi connectivity index (χ4v) is 2.91. The average Bonchev–Trinajstić information content (AvgIpc) is 3.13. The molecule has 0 aromatic heterocycles. The average molecular weight is 382 g/mol. The van der Waals surface area contributed by atoms with Crippen LogP contribution in [0.5, 0.6) is 0 Å². The summed E-state index contributed by atoms with van der Waals surface area (Å²) in [5.41, 5.74) is 3.62. The van der Waals surface area contributed by atoms with Gasteiger partial charge in [0, 0.05) is 25.3 Å². The molecule has 0 saturated carbocycles. The van der Waals surface area contributed by atoms with Crippen LogP contribution in [-0.4, -0.2) is 38.2 Å². The van der Waals surface area contributed by atoms with Gasteiger partial charge in [0.1, 0.15) is 0 Å². The Morgan fingerprint density at radius 2 is 1.93 bits per heavy atom. The lowest BCUT2D eigenvalue weighted by atomic mass is 10.1. The summed E-state index contributed by atoms with van der Waals surface area (Å²) in [6, 6.07) is 11.7. The van der Waals surface area contributed by atoms with Crippen molar-refractivity contribution in [2.24, 2.45) is 0 Å². The minimum absolute atomic E-state index is 0.139. The summed E-state index contributed by atoms with van der Waals surface area (Å²) in [6.45, 7) is 3.42. The van der Waals surface area contributed by atoms with Crippen LogP contribution in [0.3, 0.4) is 0 Å². The normalized spacial score (nSPS) is 13.1. The van der Waals surface area contributed by atoms with Crippen molar-refractivity contribution in [1.82, 2.24) is 10.6 Å². The maximum Gasteiger partial charge on any atom is 0.337 e. The molecule has 0 spiro atoms. The van der Waals surface area contributed by atoms with Crippen molar-refractivity contribution in [3.05, 3.63) is 59.2 Å². The molecule has 0 unspecified atom stereocenters. The lowest BCUT2D eigenvalue weighted by molar-refractivity contribution is 0.0600. The van der Waals surface area contributed by atoms with E-state index in [2.05, 4.69) is 20.7 Å². The highest BCUT2D eigenvalue weighted by Crippen LogP contribution is 2.25. The standard InChI is InChI=1S/C20H22N4O4/c1-13-3-8-16(11-17(13)24-10-9-21-20(24)27)23-19(26)22-12-14-4-6-15(7-5-14)18(25)28-2/h3-8,11H,9-10,12H2,1-2H3,(H,21,27)(H2,22,23,26). The largest absolute Gasteiger partial charge is 0.465 e. The first-order valence-corrected chi connectivity index (χ1v) is 8.86. The van der Waals surface area contributed by atoms with Gasteiger partial charge in [0.05, 0.1) is 18.4 Å². The molecular formula is C20H22N4O4. The lowest BCUT2D eigenvalue weighted by Crippen LogP contribution is -2.29. The molecule has 3 rings (SSSR count). The van der Waals surface area contributed by atoms with Crippen molar-refractivity contribution in [3.8, 4) is 0 Å². The van der Waals surface area contributed by atoms with E-state index in [1.54, 1.807) is 41.3 Å². The Morgan fingerprint density at radius 1 is 1.18 bits per heavy atom. The fraction of sp³-hybridized carbons (Fsp3) is 0.250. The van der Waals surface area contributed by atoms with Crippen LogP contribution < -0.4 is 20.9 Å². The molecular weight excluding hydrogens is 360 g/mol. The molecule has 1 fully saturated rings. The van der Waals surface area contributed by atoms with Crippen LogP contribution in [0.4, 0.5) is 21.0 Å². The molecule has 2 aromatic carbocycles. The Morgan fingerprint density at radius 3 is 2.57 bits per heavy atom. The van der Waals surface area contributed by atoms with E-state index >= 15 is 0 Å². The van der Waals surface area contributed by atoms with Crippen LogP contribution in [0.2, 0.25) is 0 Å². The molecule has 0 aliphatic carbocycles. The molecule has 0 atom stereocenters. The molecule has 0 bridgehead atoms. The highest BCUT2D eigenvalue weighted by molar-refractivity contribution is 5.96. The van der Waals surface area contributed by atoms with Crippen molar-refractivity contribution in [2.45, 2.75) is 13.5 Å². The van der Waals surface area contributed by atoms with Crippen molar-refractivity contribution in [3.63, 3.8) is 0 Å². The van der Waals surface area contributed by atoms with Crippen LogP contribution >= 0.6 is 0 Å². The van der Waals surface area contributed by atoms with E-state index < -0.39 is 5.97 Å². The third-order valence-corrected chi connectivity index (χ3v) is 4.44. The molecule has 2 aromatic rings. The van der Waals surface area contributed by atoms with Crippen LogP contribution in [0.1, 0.15) is 21.5 Å². The van der Waals surface area contributed by atoms with Gasteiger partial charge in [-0.2, -0.15) is 0 Å². The molecule has 3 N–H and O–H groups in total. The minimum Gasteiger partial charge on any atom is -0.465 e. The van der Waals surface area contributed by atoms with Gasteiger partial charge in [-0.1, -0.05) is 18.2 Å². The zero-order valence-corrected chi connectivity index (χ0v) is 15.7. The summed E-state index contributed by atoms with van der Waals surface area (Å²) in [7, 11) is 1.33. The summed E-state index contributed by atoms with van der Waals surface area (Å²) < 4.78 is 4.66. The number of nitrogens with one attached hydrogen (secondary N) is 3. The first-order valence-electron chi connectivity index (χ1n) is 8.86. The number of amides is 4. The van der Waals surface area contributed by atoms with E-state index in [1.807, 2.05) is 13.0 Å². The molecule has 1 aliphatic rings. The second kappa shape index (κ2) is 8.43. The lowest BCUT2D eigenvalue weighted by Gasteiger charge is -2.18. The Hall–Kier alpha value is -3.55. The van der Waals surface area contributed by atoms with E-state index in [1.165, 1.54) is 7.11 Å². The molecule has 1 aliphatic heterocycles. The van der Waals surface area contributed by atoms with Gasteiger partial charge in [-0.05, 0) is 42.3 Å². The Kier molecular flexibility index (Phi) is 5.78. The zero-order valence-electron chi connectivity index (χ0n) is 15.7. The number of methoxy groups -OCH3 is 1. The quantitative estimate of drug-likeness (QED) is 0.692. The van der Waals surface area contributed by atoms with Gasteiger partial charge in [0.25, 0.3) is 0 Å². The van der Waals surface area contributed by atoms with Crippen molar-refractivity contribution in [2.75, 3.05) is 30.4 Å². The van der Waals surface area contributed by atoms with E-state index in [0.29, 0.717) is 30.9 Å². The van der Waals surface area contributed by atoms with Gasteiger partial charge in [0.15, 0.2) is 0 Å². The topological polar surface area (TPSA) is 99.8 Å². The second-order valence-electron chi connectivity index (χ2n) is 6.38. The van der Waals surface area contributed by atoms with Crippen LogP contribution in [0.25, 0.3) is 0 Å². The van der Waals surface area contributed by atoms with Crippen LogP contribution in [0.15, 0.2) is 42.5 Å². The van der Waals surface area contributed by atoms with E-state index in [0.717, 1.165) is 16.8 Å². The maximum atomic E-state index is 12.2. The van der Waals surface area contributed by atoms with E-state index in [-0.39, 0.29) is 12.1 Å². The van der Waals surface area contributed by atoms with Crippen molar-refractivity contribution < 1.29 is 19.1 Å². The first-order chi connectivity index (χ1) is 13.5. The number of anilines is 2. The van der Waals surface area contributed by atoms with Gasteiger partial charge < -0.3 is 20.7 Å². The highest BCUT2D eigenvalue weighted by Gasteiger charge is 2.22. The van der Waals surface area contributed by atoms with Crippen LogP contribution in [-0.2, 0) is 11.3 Å². The molecule has 0 radical (unpaired) electrons. The predicted molar refractivity (Wildman–Crippen MR) is 106 cm³/mol. The molecule has 1 saturated heterocycles. The molecule has 4 amide bonds. The summed E-state index contributed by atoms with van der Waals surface area (Å²) in [5, 5.41) is 8.30. The summed E-state index contributed by atoms with van der Waals surface area (Å²) in [4.78, 5) is 37.2. The summed E-state index contributed by atoms with van der Waals surface area (Å²) in [5.74, 6) is -0.404. The number of nitrogens with zero attached hydrogens (tertiary/aromatic N) is 1. The second-order valence-corrected chi connectivity index (χ2v) is 6.38. The third kappa shape index (κ3) is 4.40. The SMILES string of the molecule is COC(=O)c1ccc(CNC(=O)Nc2ccc(C)c(N3CCNC3=O)c2)cc1. The minimum atomic E-state index is -0.404. The predicted octanol–water partition coefficient (Wildman–Crippen LogP) is 2.63. The Labute approximate surface area is 162 Å².